The van der Waals surface area contributed by atoms with Gasteiger partial charge in [-0.3, -0.25) is 14.0 Å². The van der Waals surface area contributed by atoms with Crippen LogP contribution in [0.4, 0.5) is 5.69 Å². The molecule has 0 aliphatic rings. The molecular weight excluding hydrogens is 520 g/mol. The minimum absolute atomic E-state index is 0.187. The molecule has 0 saturated heterocycles. The van der Waals surface area contributed by atoms with Crippen molar-refractivity contribution in [2.75, 3.05) is 25.2 Å². The van der Waals surface area contributed by atoms with Crippen LogP contribution >= 0.6 is 11.3 Å². The summed E-state index contributed by atoms with van der Waals surface area (Å²) in [4.78, 5) is 29.6. The third kappa shape index (κ3) is 4.88. The van der Waals surface area contributed by atoms with E-state index in [1.165, 1.54) is 11.3 Å². The zero-order chi connectivity index (χ0) is 27.5. The zero-order valence-corrected chi connectivity index (χ0v) is 22.6. The van der Waals surface area contributed by atoms with Crippen LogP contribution in [0.3, 0.4) is 0 Å². The number of rotatable bonds is 8. The highest BCUT2D eigenvalue weighted by molar-refractivity contribution is 7.18. The van der Waals surface area contributed by atoms with Crippen molar-refractivity contribution < 1.29 is 14.3 Å². The fourth-order valence-electron chi connectivity index (χ4n) is 4.79. The first kappa shape index (κ1) is 25.6. The van der Waals surface area contributed by atoms with Gasteiger partial charge >= 0.3 is 0 Å². The molecule has 6 aromatic rings. The van der Waals surface area contributed by atoms with Crippen LogP contribution in [0.2, 0.25) is 0 Å². The van der Waals surface area contributed by atoms with E-state index in [-0.39, 0.29) is 11.5 Å². The quantitative estimate of drug-likeness (QED) is 0.202. The van der Waals surface area contributed by atoms with Crippen LogP contribution in [0.5, 0.6) is 11.5 Å². The molecule has 6 rings (SSSR count). The van der Waals surface area contributed by atoms with Crippen molar-refractivity contribution in [3.8, 4) is 22.6 Å². The van der Waals surface area contributed by atoms with E-state index in [0.29, 0.717) is 30.0 Å². The standard InChI is InChI=1S/C33H26N2O4S/c1-38-20-19-34(24-8-4-2-5-9-24)33(37)29-22-35-30(31-28(29)18-21-40-31)17-16-27(32(35)36)23-12-14-26(15-13-23)39-25-10-6-3-7-11-25/h2-18,21-22H,19-20H2,1H3. The number of benzene rings is 3. The molecule has 0 saturated carbocycles. The SMILES string of the molecule is COCCN(C(=O)c1cn2c(=O)c(-c3ccc(Oc4ccccc4)cc3)ccc2c2sccc12)c1ccccc1. The molecule has 1 amide bonds. The first-order chi connectivity index (χ1) is 19.6. The Morgan fingerprint density at radius 2 is 1.55 bits per heavy atom. The minimum Gasteiger partial charge on any atom is -0.457 e. The number of fused-ring (bicyclic) bond motifs is 3. The lowest BCUT2D eigenvalue weighted by Crippen LogP contribution is -2.34. The van der Waals surface area contributed by atoms with Crippen molar-refractivity contribution in [1.82, 2.24) is 4.40 Å². The highest BCUT2D eigenvalue weighted by Gasteiger charge is 2.22. The van der Waals surface area contributed by atoms with Crippen molar-refractivity contribution >= 4 is 38.5 Å². The second kappa shape index (κ2) is 11.2. The number of amides is 1. The Hall–Kier alpha value is -4.72. The molecular formula is C33H26N2O4S. The molecule has 3 aromatic heterocycles. The van der Waals surface area contributed by atoms with E-state index in [9.17, 15) is 9.59 Å². The van der Waals surface area contributed by atoms with Crippen molar-refractivity contribution in [1.29, 1.82) is 0 Å². The Morgan fingerprint density at radius 1 is 0.850 bits per heavy atom. The van der Waals surface area contributed by atoms with Crippen LogP contribution in [-0.2, 0) is 4.74 Å². The predicted molar refractivity (Wildman–Crippen MR) is 161 cm³/mol. The van der Waals surface area contributed by atoms with Gasteiger partial charge in [0.05, 0.1) is 22.4 Å². The molecule has 0 spiro atoms. The number of nitrogens with zero attached hydrogens (tertiary/aromatic N) is 2. The van der Waals surface area contributed by atoms with Crippen LogP contribution in [0, 0.1) is 0 Å². The largest absolute Gasteiger partial charge is 0.457 e. The topological polar surface area (TPSA) is 60.2 Å². The van der Waals surface area contributed by atoms with Crippen molar-refractivity contribution in [3.05, 3.63) is 131 Å². The van der Waals surface area contributed by atoms with Gasteiger partial charge in [-0.05, 0) is 65.5 Å². The molecule has 7 heteroatoms. The van der Waals surface area contributed by atoms with Gasteiger partial charge in [0.1, 0.15) is 11.5 Å². The average Bonchev–Trinajstić information content (AvgIpc) is 3.49. The Morgan fingerprint density at radius 3 is 2.27 bits per heavy atom. The van der Waals surface area contributed by atoms with Crippen molar-refractivity contribution in [3.63, 3.8) is 0 Å². The molecule has 0 radical (unpaired) electrons. The van der Waals surface area contributed by atoms with Gasteiger partial charge in [-0.25, -0.2) is 0 Å². The number of methoxy groups -OCH3 is 1. The number of aromatic nitrogens is 1. The van der Waals surface area contributed by atoms with Gasteiger partial charge in [0.15, 0.2) is 0 Å². The summed E-state index contributed by atoms with van der Waals surface area (Å²) < 4.78 is 13.7. The van der Waals surface area contributed by atoms with Gasteiger partial charge in [-0.2, -0.15) is 0 Å². The van der Waals surface area contributed by atoms with E-state index in [0.717, 1.165) is 32.6 Å². The van der Waals surface area contributed by atoms with E-state index < -0.39 is 0 Å². The first-order valence-corrected chi connectivity index (χ1v) is 13.8. The molecule has 3 heterocycles. The van der Waals surface area contributed by atoms with Crippen LogP contribution in [0.15, 0.2) is 119 Å². The number of pyridine rings is 2. The normalized spacial score (nSPS) is 11.1. The van der Waals surface area contributed by atoms with Gasteiger partial charge in [-0.1, -0.05) is 48.5 Å². The second-order valence-corrected chi connectivity index (χ2v) is 10.2. The van der Waals surface area contributed by atoms with Gasteiger partial charge in [0.25, 0.3) is 11.5 Å². The molecule has 0 atom stereocenters. The summed E-state index contributed by atoms with van der Waals surface area (Å²) in [7, 11) is 1.61. The number of carbonyl (C=O) groups is 1. The first-order valence-electron chi connectivity index (χ1n) is 12.9. The maximum atomic E-state index is 14.0. The molecule has 0 fully saturated rings. The fourth-order valence-corrected chi connectivity index (χ4v) is 5.72. The summed E-state index contributed by atoms with van der Waals surface area (Å²) in [6, 6.07) is 32.2. The lowest BCUT2D eigenvalue weighted by Gasteiger charge is -2.23. The van der Waals surface area contributed by atoms with E-state index in [1.54, 1.807) is 22.6 Å². The van der Waals surface area contributed by atoms with Crippen molar-refractivity contribution in [2.45, 2.75) is 0 Å². The number of para-hydroxylation sites is 2. The van der Waals surface area contributed by atoms with E-state index >= 15 is 0 Å². The smallest absolute Gasteiger partial charge is 0.263 e. The molecule has 3 aromatic carbocycles. The van der Waals surface area contributed by atoms with Gasteiger partial charge in [0.2, 0.25) is 0 Å². The van der Waals surface area contributed by atoms with Gasteiger partial charge in [0, 0.05) is 36.5 Å². The molecule has 0 aliphatic carbocycles. The zero-order valence-electron chi connectivity index (χ0n) is 21.8. The molecule has 198 valence electrons. The Bertz CT molecular complexity index is 1850. The number of hydrogen-bond acceptors (Lipinski definition) is 5. The summed E-state index contributed by atoms with van der Waals surface area (Å²) in [5.41, 5.74) is 3.12. The van der Waals surface area contributed by atoms with Gasteiger partial charge in [-0.15, -0.1) is 11.3 Å². The summed E-state index contributed by atoms with van der Waals surface area (Å²) in [6.45, 7) is 0.768. The predicted octanol–water partition coefficient (Wildman–Crippen LogP) is 7.27. The maximum absolute atomic E-state index is 14.0. The van der Waals surface area contributed by atoms with Crippen molar-refractivity contribution in [2.24, 2.45) is 0 Å². The van der Waals surface area contributed by atoms with E-state index in [2.05, 4.69) is 0 Å². The molecule has 40 heavy (non-hydrogen) atoms. The molecule has 0 bridgehead atoms. The second-order valence-electron chi connectivity index (χ2n) is 9.24. The monoisotopic (exact) mass is 546 g/mol. The summed E-state index contributed by atoms with van der Waals surface area (Å²) in [5, 5.41) is 2.77. The molecule has 0 unspecified atom stereocenters. The maximum Gasteiger partial charge on any atom is 0.263 e. The van der Waals surface area contributed by atoms with Crippen LogP contribution < -0.4 is 15.2 Å². The lowest BCUT2D eigenvalue weighted by atomic mass is 10.1. The lowest BCUT2D eigenvalue weighted by molar-refractivity contribution is 0.0977. The molecule has 0 N–H and O–H groups in total. The highest BCUT2D eigenvalue weighted by Crippen LogP contribution is 2.31. The van der Waals surface area contributed by atoms with E-state index in [4.69, 9.17) is 9.47 Å². The van der Waals surface area contributed by atoms with Gasteiger partial charge < -0.3 is 14.4 Å². The third-order valence-electron chi connectivity index (χ3n) is 6.77. The van der Waals surface area contributed by atoms with Crippen LogP contribution in [0.25, 0.3) is 26.7 Å². The Balaban J connectivity index is 1.42. The Labute approximate surface area is 235 Å². The third-order valence-corrected chi connectivity index (χ3v) is 7.71. The number of anilines is 1. The summed E-state index contributed by atoms with van der Waals surface area (Å²) in [6.07, 6.45) is 1.67. The summed E-state index contributed by atoms with van der Waals surface area (Å²) >= 11 is 1.52. The average molecular weight is 547 g/mol. The summed E-state index contributed by atoms with van der Waals surface area (Å²) in [5.74, 6) is 1.24. The number of ether oxygens (including phenoxy) is 2. The number of hydrogen-bond donors (Lipinski definition) is 0. The Kier molecular flexibility index (Phi) is 7.14. The highest BCUT2D eigenvalue weighted by atomic mass is 32.1. The van der Waals surface area contributed by atoms with E-state index in [1.807, 2.05) is 109 Å². The minimum atomic E-state index is -0.193. The fraction of sp³-hybridized carbons (Fsp3) is 0.0909. The van der Waals surface area contributed by atoms with Crippen LogP contribution in [-0.4, -0.2) is 30.6 Å². The van der Waals surface area contributed by atoms with Crippen LogP contribution in [0.1, 0.15) is 10.4 Å². The molecule has 6 nitrogen and oxygen atoms in total. The number of thiophene rings is 1. The number of carbonyl (C=O) groups excluding carboxylic acids is 1. The molecule has 0 aliphatic heterocycles.